The second-order valence-electron chi connectivity index (χ2n) is 6.73. The van der Waals surface area contributed by atoms with Crippen LogP contribution in [0.4, 0.5) is 21.6 Å². The lowest BCUT2D eigenvalue weighted by Crippen LogP contribution is -2.27. The minimum absolute atomic E-state index is 0.191. The highest BCUT2D eigenvalue weighted by atomic mass is 19.1. The highest BCUT2D eigenvalue weighted by Gasteiger charge is 2.18. The summed E-state index contributed by atoms with van der Waals surface area (Å²) < 4.78 is 14.0. The fourth-order valence-corrected chi connectivity index (χ4v) is 2.82. The van der Waals surface area contributed by atoms with Gasteiger partial charge in [-0.25, -0.2) is 9.37 Å². The summed E-state index contributed by atoms with van der Waals surface area (Å²) in [4.78, 5) is 20.8. The molecule has 1 amide bonds. The molecule has 1 heterocycles. The van der Waals surface area contributed by atoms with Crippen molar-refractivity contribution in [2.75, 3.05) is 31.4 Å². The molecule has 144 valence electrons. The van der Waals surface area contributed by atoms with Crippen LogP contribution in [-0.4, -0.2) is 36.9 Å². The van der Waals surface area contributed by atoms with Crippen molar-refractivity contribution >= 4 is 23.1 Å². The Bertz CT molecular complexity index is 957. The number of carbonyl (C=O) groups excluding carboxylic acids is 1. The number of carbonyl (C=O) groups is 1. The molecule has 0 spiro atoms. The fraction of sp³-hybridized carbons (Fsp3) is 0.182. The van der Waals surface area contributed by atoms with Crippen LogP contribution in [-0.2, 0) is 6.54 Å². The first kappa shape index (κ1) is 19.4. The normalized spacial score (nSPS) is 10.4. The molecular weight excluding hydrogens is 355 g/mol. The van der Waals surface area contributed by atoms with Crippen molar-refractivity contribution in [3.63, 3.8) is 0 Å². The maximum atomic E-state index is 14.0. The maximum Gasteiger partial charge on any atom is 0.257 e. The van der Waals surface area contributed by atoms with E-state index in [2.05, 4.69) is 10.3 Å². The summed E-state index contributed by atoms with van der Waals surface area (Å²) in [5.74, 6) is -0.267. The summed E-state index contributed by atoms with van der Waals surface area (Å²) in [5, 5.41) is 2.92. The van der Waals surface area contributed by atoms with Crippen molar-refractivity contribution in [3.05, 3.63) is 83.8 Å². The number of nitrogens with zero attached hydrogens (tertiary/aromatic N) is 3. The number of hydrogen-bond acceptors (Lipinski definition) is 4. The van der Waals surface area contributed by atoms with E-state index >= 15 is 0 Å². The van der Waals surface area contributed by atoms with Gasteiger partial charge >= 0.3 is 0 Å². The Balaban J connectivity index is 1.77. The van der Waals surface area contributed by atoms with Gasteiger partial charge in [-0.3, -0.25) is 4.79 Å². The molecule has 3 rings (SSSR count). The smallest absolute Gasteiger partial charge is 0.257 e. The highest BCUT2D eigenvalue weighted by molar-refractivity contribution is 5.99. The van der Waals surface area contributed by atoms with E-state index in [1.165, 1.54) is 6.07 Å². The van der Waals surface area contributed by atoms with Crippen LogP contribution in [0.1, 0.15) is 15.9 Å². The first-order chi connectivity index (χ1) is 13.5. The third-order valence-corrected chi connectivity index (χ3v) is 4.38. The molecule has 0 aliphatic carbocycles. The van der Waals surface area contributed by atoms with Crippen LogP contribution in [0.3, 0.4) is 0 Å². The highest BCUT2D eigenvalue weighted by Crippen LogP contribution is 2.22. The molecule has 0 atom stereocenters. The van der Waals surface area contributed by atoms with Gasteiger partial charge < -0.3 is 15.1 Å². The number of halogens is 1. The van der Waals surface area contributed by atoms with Crippen LogP contribution in [0.5, 0.6) is 0 Å². The van der Waals surface area contributed by atoms with E-state index in [0.717, 1.165) is 11.3 Å². The SMILES string of the molecule is CN(Cc1ccc(N(C)C)cc1)C(=O)c1cccnc1Nc1ccccc1F. The van der Waals surface area contributed by atoms with Gasteiger partial charge in [0.15, 0.2) is 0 Å². The molecule has 28 heavy (non-hydrogen) atoms. The van der Waals surface area contributed by atoms with E-state index in [4.69, 9.17) is 0 Å². The summed E-state index contributed by atoms with van der Waals surface area (Å²) in [6, 6.07) is 17.7. The molecule has 0 bridgehead atoms. The topological polar surface area (TPSA) is 48.5 Å². The predicted octanol–water partition coefficient (Wildman–Crippen LogP) is 4.30. The number of benzene rings is 2. The summed E-state index contributed by atoms with van der Waals surface area (Å²) >= 11 is 0. The van der Waals surface area contributed by atoms with Gasteiger partial charge in [-0.2, -0.15) is 0 Å². The molecule has 1 aromatic heterocycles. The van der Waals surface area contributed by atoms with E-state index < -0.39 is 5.82 Å². The zero-order valence-corrected chi connectivity index (χ0v) is 16.2. The van der Waals surface area contributed by atoms with Gasteiger partial charge in [-0.1, -0.05) is 24.3 Å². The first-order valence-corrected chi connectivity index (χ1v) is 8.94. The van der Waals surface area contributed by atoms with Crippen molar-refractivity contribution in [1.29, 1.82) is 0 Å². The average molecular weight is 378 g/mol. The van der Waals surface area contributed by atoms with E-state index in [-0.39, 0.29) is 11.6 Å². The molecule has 6 heteroatoms. The largest absolute Gasteiger partial charge is 0.378 e. The van der Waals surface area contributed by atoms with E-state index in [1.807, 2.05) is 43.3 Å². The predicted molar refractivity (Wildman–Crippen MR) is 110 cm³/mol. The lowest BCUT2D eigenvalue weighted by molar-refractivity contribution is 0.0786. The minimum Gasteiger partial charge on any atom is -0.378 e. The van der Waals surface area contributed by atoms with Gasteiger partial charge in [-0.15, -0.1) is 0 Å². The fourth-order valence-electron chi connectivity index (χ4n) is 2.82. The lowest BCUT2D eigenvalue weighted by Gasteiger charge is -2.20. The van der Waals surface area contributed by atoms with Crippen molar-refractivity contribution in [3.8, 4) is 0 Å². The Morgan fingerprint density at radius 2 is 1.71 bits per heavy atom. The third-order valence-electron chi connectivity index (χ3n) is 4.38. The standard InChI is InChI=1S/C22H23FN4O/c1-26(2)17-12-10-16(11-13-17)15-27(3)22(28)18-7-6-14-24-21(18)25-20-9-5-4-8-19(20)23/h4-14H,15H2,1-3H3,(H,24,25). The molecule has 0 aliphatic rings. The molecule has 0 saturated heterocycles. The van der Waals surface area contributed by atoms with Gasteiger partial charge in [0, 0.05) is 39.6 Å². The summed E-state index contributed by atoms with van der Waals surface area (Å²) in [7, 11) is 5.70. The monoisotopic (exact) mass is 378 g/mol. The zero-order valence-electron chi connectivity index (χ0n) is 16.2. The molecule has 0 aliphatic heterocycles. The molecule has 0 radical (unpaired) electrons. The third kappa shape index (κ3) is 4.46. The number of nitrogens with one attached hydrogen (secondary N) is 1. The Morgan fingerprint density at radius 1 is 1.00 bits per heavy atom. The van der Waals surface area contributed by atoms with Crippen molar-refractivity contribution in [1.82, 2.24) is 9.88 Å². The Morgan fingerprint density at radius 3 is 2.39 bits per heavy atom. The van der Waals surface area contributed by atoms with Gasteiger partial charge in [-0.05, 0) is 42.0 Å². The van der Waals surface area contributed by atoms with Crippen molar-refractivity contribution in [2.45, 2.75) is 6.54 Å². The number of amides is 1. The maximum absolute atomic E-state index is 14.0. The second kappa shape index (κ2) is 8.52. The Hall–Kier alpha value is -3.41. The van der Waals surface area contributed by atoms with Gasteiger partial charge in [0.2, 0.25) is 0 Å². The first-order valence-electron chi connectivity index (χ1n) is 8.94. The van der Waals surface area contributed by atoms with Crippen LogP contribution in [0.2, 0.25) is 0 Å². The van der Waals surface area contributed by atoms with E-state index in [0.29, 0.717) is 17.9 Å². The Kier molecular flexibility index (Phi) is 5.89. The summed E-state index contributed by atoms with van der Waals surface area (Å²) in [5.41, 5.74) is 2.78. The molecular formula is C22H23FN4O. The molecule has 0 saturated carbocycles. The number of hydrogen-bond donors (Lipinski definition) is 1. The number of pyridine rings is 1. The van der Waals surface area contributed by atoms with Crippen LogP contribution in [0, 0.1) is 5.82 Å². The molecule has 2 aromatic carbocycles. The minimum atomic E-state index is -0.402. The summed E-state index contributed by atoms with van der Waals surface area (Å²) in [6.45, 7) is 0.459. The van der Waals surface area contributed by atoms with Crippen molar-refractivity contribution < 1.29 is 9.18 Å². The quantitative estimate of drug-likeness (QED) is 0.695. The van der Waals surface area contributed by atoms with E-state index in [9.17, 15) is 9.18 Å². The molecule has 0 unspecified atom stereocenters. The second-order valence-corrected chi connectivity index (χ2v) is 6.73. The van der Waals surface area contributed by atoms with Gasteiger partial charge in [0.25, 0.3) is 5.91 Å². The van der Waals surface area contributed by atoms with E-state index in [1.54, 1.807) is 48.5 Å². The molecule has 1 N–H and O–H groups in total. The Labute approximate surface area is 164 Å². The number of anilines is 3. The van der Waals surface area contributed by atoms with Gasteiger partial charge in [0.1, 0.15) is 11.6 Å². The average Bonchev–Trinajstić information content (AvgIpc) is 2.70. The number of aromatic nitrogens is 1. The molecule has 3 aromatic rings. The lowest BCUT2D eigenvalue weighted by atomic mass is 10.1. The van der Waals surface area contributed by atoms with Crippen LogP contribution in [0.25, 0.3) is 0 Å². The zero-order chi connectivity index (χ0) is 20.1. The van der Waals surface area contributed by atoms with Crippen LogP contribution in [0.15, 0.2) is 66.9 Å². The van der Waals surface area contributed by atoms with Crippen LogP contribution < -0.4 is 10.2 Å². The van der Waals surface area contributed by atoms with Crippen LogP contribution >= 0.6 is 0 Å². The number of para-hydroxylation sites is 1. The van der Waals surface area contributed by atoms with Gasteiger partial charge in [0.05, 0.1) is 11.3 Å². The molecule has 0 fully saturated rings. The molecule has 5 nitrogen and oxygen atoms in total. The number of rotatable bonds is 6. The van der Waals surface area contributed by atoms with Crippen molar-refractivity contribution in [2.24, 2.45) is 0 Å². The summed E-state index contributed by atoms with van der Waals surface area (Å²) in [6.07, 6.45) is 1.57.